The van der Waals surface area contributed by atoms with Crippen LogP contribution in [0.25, 0.3) is 6.08 Å². The van der Waals surface area contributed by atoms with E-state index < -0.39 is 5.97 Å². The Hall–Kier alpha value is -1.84. The molecule has 112 valence electrons. The van der Waals surface area contributed by atoms with E-state index in [1.54, 1.807) is 13.2 Å². The molecule has 0 fully saturated rings. The van der Waals surface area contributed by atoms with Gasteiger partial charge in [0.25, 0.3) is 0 Å². The summed E-state index contributed by atoms with van der Waals surface area (Å²) >= 11 is 3.42. The molecule has 0 aliphatic carbocycles. The van der Waals surface area contributed by atoms with Crippen LogP contribution in [0.1, 0.15) is 12.0 Å². The summed E-state index contributed by atoms with van der Waals surface area (Å²) in [7, 11) is 1.62. The monoisotopic (exact) mass is 352 g/mol. The lowest BCUT2D eigenvalue weighted by atomic mass is 10.1. The standard InChI is InChI=1S/C15H17BrN2O3/c1-21-10-9-18(8-2-7-17)14-11-13(16)5-3-12(14)4-6-15(19)20/h3-6,11H,2,8-10H2,1H3,(H,19,20). The molecule has 0 radical (unpaired) electrons. The molecule has 0 aliphatic heterocycles. The van der Waals surface area contributed by atoms with Crippen molar-refractivity contribution in [3.05, 3.63) is 34.3 Å². The maximum atomic E-state index is 10.7. The second-order valence-electron chi connectivity index (χ2n) is 4.26. The number of methoxy groups -OCH3 is 1. The van der Waals surface area contributed by atoms with Gasteiger partial charge in [0, 0.05) is 36.4 Å². The zero-order chi connectivity index (χ0) is 15.7. The van der Waals surface area contributed by atoms with Crippen molar-refractivity contribution >= 4 is 33.7 Å². The van der Waals surface area contributed by atoms with Crippen LogP contribution in [0.3, 0.4) is 0 Å². The molecule has 1 rings (SSSR count). The minimum Gasteiger partial charge on any atom is -0.478 e. The quantitative estimate of drug-likeness (QED) is 0.728. The van der Waals surface area contributed by atoms with E-state index in [1.807, 2.05) is 23.1 Å². The minimum atomic E-state index is -0.996. The summed E-state index contributed by atoms with van der Waals surface area (Å²) in [6, 6.07) is 7.72. The number of ether oxygens (including phenoxy) is 1. The second kappa shape index (κ2) is 9.16. The van der Waals surface area contributed by atoms with Crippen molar-refractivity contribution in [3.8, 4) is 6.07 Å². The lowest BCUT2D eigenvalue weighted by Gasteiger charge is -2.25. The number of benzene rings is 1. The molecule has 0 unspecified atom stereocenters. The van der Waals surface area contributed by atoms with Crippen molar-refractivity contribution in [3.63, 3.8) is 0 Å². The van der Waals surface area contributed by atoms with Crippen molar-refractivity contribution < 1.29 is 14.6 Å². The van der Waals surface area contributed by atoms with Gasteiger partial charge in [0.1, 0.15) is 0 Å². The van der Waals surface area contributed by atoms with E-state index in [-0.39, 0.29) is 0 Å². The first-order valence-electron chi connectivity index (χ1n) is 6.40. The van der Waals surface area contributed by atoms with Crippen LogP contribution in [0.4, 0.5) is 5.69 Å². The Morgan fingerprint density at radius 3 is 2.90 bits per heavy atom. The summed E-state index contributed by atoms with van der Waals surface area (Å²) in [6.45, 7) is 1.72. The number of aliphatic carboxylic acids is 1. The minimum absolute atomic E-state index is 0.387. The Labute approximate surface area is 132 Å². The van der Waals surface area contributed by atoms with E-state index in [2.05, 4.69) is 22.0 Å². The van der Waals surface area contributed by atoms with Crippen LogP contribution in [0.2, 0.25) is 0 Å². The number of carbonyl (C=O) groups is 1. The highest BCUT2D eigenvalue weighted by Crippen LogP contribution is 2.26. The number of carboxylic acid groups (broad SMARTS) is 1. The molecule has 0 aromatic heterocycles. The molecule has 0 saturated heterocycles. The number of hydrogen-bond donors (Lipinski definition) is 1. The Balaban J connectivity index is 3.11. The van der Waals surface area contributed by atoms with Crippen molar-refractivity contribution in [1.82, 2.24) is 0 Å². The van der Waals surface area contributed by atoms with Crippen molar-refractivity contribution in [2.45, 2.75) is 6.42 Å². The van der Waals surface area contributed by atoms with E-state index in [0.29, 0.717) is 26.1 Å². The van der Waals surface area contributed by atoms with Gasteiger partial charge >= 0.3 is 5.97 Å². The Bertz CT molecular complexity index is 552. The van der Waals surface area contributed by atoms with Gasteiger partial charge < -0.3 is 14.7 Å². The Kier molecular flexibility index (Phi) is 7.51. The van der Waals surface area contributed by atoms with Gasteiger partial charge in [-0.3, -0.25) is 0 Å². The first-order chi connectivity index (χ1) is 10.1. The fourth-order valence-corrected chi connectivity index (χ4v) is 2.18. The maximum absolute atomic E-state index is 10.7. The SMILES string of the molecule is COCCN(CCC#N)c1cc(Br)ccc1C=CC(=O)O. The van der Waals surface area contributed by atoms with Gasteiger partial charge in [0.05, 0.1) is 19.1 Å². The van der Waals surface area contributed by atoms with Crippen LogP contribution in [0, 0.1) is 11.3 Å². The van der Waals surface area contributed by atoms with Gasteiger partial charge in [-0.05, 0) is 23.8 Å². The first kappa shape index (κ1) is 17.2. The lowest BCUT2D eigenvalue weighted by molar-refractivity contribution is -0.131. The number of carboxylic acids is 1. The summed E-state index contributed by atoms with van der Waals surface area (Å²) < 4.78 is 5.99. The highest BCUT2D eigenvalue weighted by molar-refractivity contribution is 9.10. The molecule has 0 aliphatic rings. The number of nitrogens with zero attached hydrogens (tertiary/aromatic N) is 2. The average Bonchev–Trinajstić information content (AvgIpc) is 2.46. The van der Waals surface area contributed by atoms with Crippen molar-refractivity contribution in [1.29, 1.82) is 5.26 Å². The predicted octanol–water partition coefficient (Wildman–Crippen LogP) is 2.91. The van der Waals surface area contributed by atoms with Crippen molar-refractivity contribution in [2.24, 2.45) is 0 Å². The molecule has 1 aromatic carbocycles. The molecule has 0 bridgehead atoms. The van der Waals surface area contributed by atoms with Crippen LogP contribution in [-0.2, 0) is 9.53 Å². The van der Waals surface area contributed by atoms with Gasteiger partial charge in [0.2, 0.25) is 0 Å². The van der Waals surface area contributed by atoms with E-state index in [9.17, 15) is 4.79 Å². The molecule has 0 saturated carbocycles. The van der Waals surface area contributed by atoms with Gasteiger partial charge in [0.15, 0.2) is 0 Å². The molecule has 0 atom stereocenters. The summed E-state index contributed by atoms with van der Waals surface area (Å²) in [5, 5.41) is 17.5. The van der Waals surface area contributed by atoms with E-state index >= 15 is 0 Å². The highest BCUT2D eigenvalue weighted by atomic mass is 79.9. The third-order valence-corrected chi connectivity index (χ3v) is 3.29. The fraction of sp³-hybridized carbons (Fsp3) is 0.333. The van der Waals surface area contributed by atoms with E-state index in [4.69, 9.17) is 15.1 Å². The summed E-state index contributed by atoms with van der Waals surface area (Å²) in [6.07, 6.45) is 3.04. The number of nitriles is 1. The van der Waals surface area contributed by atoms with Crippen LogP contribution in [0.5, 0.6) is 0 Å². The summed E-state index contributed by atoms with van der Waals surface area (Å²) in [5.41, 5.74) is 1.66. The Morgan fingerprint density at radius 1 is 1.52 bits per heavy atom. The van der Waals surface area contributed by atoms with Gasteiger partial charge in [-0.15, -0.1) is 0 Å². The molecule has 0 spiro atoms. The summed E-state index contributed by atoms with van der Waals surface area (Å²) in [5.74, 6) is -0.996. The molecule has 1 N–H and O–H groups in total. The Morgan fingerprint density at radius 2 is 2.29 bits per heavy atom. The normalized spacial score (nSPS) is 10.5. The predicted molar refractivity (Wildman–Crippen MR) is 85.1 cm³/mol. The molecule has 0 heterocycles. The molecule has 21 heavy (non-hydrogen) atoms. The van der Waals surface area contributed by atoms with E-state index in [0.717, 1.165) is 21.8 Å². The first-order valence-corrected chi connectivity index (χ1v) is 7.19. The molecule has 6 heteroatoms. The number of hydrogen-bond acceptors (Lipinski definition) is 4. The van der Waals surface area contributed by atoms with Gasteiger partial charge in [-0.2, -0.15) is 5.26 Å². The third-order valence-electron chi connectivity index (χ3n) is 2.80. The molecular weight excluding hydrogens is 336 g/mol. The van der Waals surface area contributed by atoms with Crippen molar-refractivity contribution in [2.75, 3.05) is 31.7 Å². The fourth-order valence-electron chi connectivity index (χ4n) is 1.83. The zero-order valence-corrected chi connectivity index (χ0v) is 13.3. The zero-order valence-electron chi connectivity index (χ0n) is 11.8. The molecule has 1 aromatic rings. The third kappa shape index (κ3) is 5.98. The lowest BCUT2D eigenvalue weighted by Crippen LogP contribution is -2.28. The smallest absolute Gasteiger partial charge is 0.328 e. The molecule has 5 nitrogen and oxygen atoms in total. The molecule has 0 amide bonds. The highest BCUT2D eigenvalue weighted by Gasteiger charge is 2.11. The van der Waals surface area contributed by atoms with Crippen LogP contribution >= 0.6 is 15.9 Å². The van der Waals surface area contributed by atoms with Crippen LogP contribution < -0.4 is 4.90 Å². The maximum Gasteiger partial charge on any atom is 0.328 e. The van der Waals surface area contributed by atoms with Gasteiger partial charge in [-0.1, -0.05) is 22.0 Å². The number of halogens is 1. The van der Waals surface area contributed by atoms with Gasteiger partial charge in [-0.25, -0.2) is 4.79 Å². The summed E-state index contributed by atoms with van der Waals surface area (Å²) in [4.78, 5) is 12.7. The van der Waals surface area contributed by atoms with Crippen LogP contribution in [0.15, 0.2) is 28.7 Å². The second-order valence-corrected chi connectivity index (χ2v) is 5.18. The van der Waals surface area contributed by atoms with E-state index in [1.165, 1.54) is 0 Å². The topological polar surface area (TPSA) is 73.6 Å². The number of anilines is 1. The number of rotatable bonds is 8. The largest absolute Gasteiger partial charge is 0.478 e. The average molecular weight is 353 g/mol. The molecular formula is C15H17BrN2O3. The van der Waals surface area contributed by atoms with Crippen LogP contribution in [-0.4, -0.2) is 37.9 Å².